The first-order chi connectivity index (χ1) is 20.0. The Bertz CT molecular complexity index is 1510. The minimum Gasteiger partial charge on any atom is -0.492 e. The molecule has 1 atom stereocenters. The first-order valence-electron chi connectivity index (χ1n) is 14.6. The molecule has 0 radical (unpaired) electrons. The number of ether oxygens (including phenoxy) is 2. The Morgan fingerprint density at radius 1 is 1.10 bits per heavy atom. The number of hydrogen-bond acceptors (Lipinski definition) is 4. The van der Waals surface area contributed by atoms with Crippen molar-refractivity contribution in [2.45, 2.75) is 58.6 Å². The van der Waals surface area contributed by atoms with E-state index in [1.807, 2.05) is 23.0 Å². The second-order valence-corrected chi connectivity index (χ2v) is 10.7. The molecule has 1 unspecified atom stereocenters. The van der Waals surface area contributed by atoms with Gasteiger partial charge in [0.05, 0.1) is 18.3 Å². The molecule has 214 valence electrons. The van der Waals surface area contributed by atoms with Gasteiger partial charge >= 0.3 is 6.09 Å². The van der Waals surface area contributed by atoms with E-state index < -0.39 is 6.09 Å². The van der Waals surface area contributed by atoms with Crippen molar-refractivity contribution in [1.29, 1.82) is 0 Å². The zero-order chi connectivity index (χ0) is 28.8. The second kappa shape index (κ2) is 13.0. The van der Waals surface area contributed by atoms with Crippen LogP contribution in [0.25, 0.3) is 22.0 Å². The van der Waals surface area contributed by atoms with Crippen LogP contribution in [0.4, 0.5) is 4.79 Å². The Kier molecular flexibility index (Phi) is 9.04. The van der Waals surface area contributed by atoms with Gasteiger partial charge in [-0.3, -0.25) is 0 Å². The summed E-state index contributed by atoms with van der Waals surface area (Å²) in [6.07, 6.45) is 4.99. The van der Waals surface area contributed by atoms with Crippen molar-refractivity contribution in [3.05, 3.63) is 95.2 Å². The van der Waals surface area contributed by atoms with Gasteiger partial charge in [0.15, 0.2) is 6.23 Å². The Labute approximate surface area is 241 Å². The molecule has 1 aliphatic rings. The fraction of sp³-hybridized carbons (Fsp3) is 0.353. The number of rotatable bonds is 10. The van der Waals surface area contributed by atoms with E-state index in [1.165, 1.54) is 22.3 Å². The van der Waals surface area contributed by atoms with Crippen molar-refractivity contribution in [1.82, 2.24) is 15.1 Å². The minimum atomic E-state index is -1.05. The lowest BCUT2D eigenvalue weighted by atomic mass is 9.84. The molecule has 0 aliphatic carbocycles. The van der Waals surface area contributed by atoms with Crippen LogP contribution in [0.3, 0.4) is 0 Å². The lowest BCUT2D eigenvalue weighted by Gasteiger charge is -2.23. The quantitative estimate of drug-likeness (QED) is 0.154. The number of nitrogens with one attached hydrogen (secondary N) is 1. The highest BCUT2D eigenvalue weighted by Gasteiger charge is 2.21. The Hall–Kier alpha value is -4.10. The van der Waals surface area contributed by atoms with Crippen LogP contribution in [0, 0.1) is 0 Å². The van der Waals surface area contributed by atoms with Gasteiger partial charge in [0.1, 0.15) is 12.4 Å². The molecule has 1 aromatic heterocycles. The van der Waals surface area contributed by atoms with E-state index in [4.69, 9.17) is 19.7 Å². The SMILES string of the molecule is CCC(=C(c1ccc(OCCNC(=O)O)cc1)c1ccc2c(cnn2C2CCCCO2)c1)c1ccccc1C(C)C. The number of benzene rings is 3. The summed E-state index contributed by atoms with van der Waals surface area (Å²) in [6.45, 7) is 7.98. The molecule has 7 nitrogen and oxygen atoms in total. The zero-order valence-electron chi connectivity index (χ0n) is 24.1. The normalized spacial score (nSPS) is 16.0. The average Bonchev–Trinajstić information content (AvgIpc) is 3.42. The van der Waals surface area contributed by atoms with Crippen molar-refractivity contribution in [2.75, 3.05) is 19.8 Å². The highest BCUT2D eigenvalue weighted by molar-refractivity contribution is 6.01. The van der Waals surface area contributed by atoms with Gasteiger partial charge < -0.3 is 19.9 Å². The standard InChI is InChI=1S/C34H39N3O4/c1-4-28(30-10-6-5-9-29(30)23(2)3)33(24-12-15-27(16-13-24)40-20-18-35-34(38)39)25-14-17-31-26(21-25)22-36-37(31)32-11-7-8-19-41-32/h5-6,9-10,12-17,21-23,32,35H,4,7-8,11,18-20H2,1-3H3,(H,38,39). The predicted octanol–water partition coefficient (Wildman–Crippen LogP) is 7.87. The Morgan fingerprint density at radius 3 is 2.59 bits per heavy atom. The summed E-state index contributed by atoms with van der Waals surface area (Å²) in [6, 6.07) is 23.4. The van der Waals surface area contributed by atoms with E-state index in [0.717, 1.165) is 54.3 Å². The number of aromatic nitrogens is 2. The molecule has 2 heterocycles. The van der Waals surface area contributed by atoms with Gasteiger partial charge in [0.2, 0.25) is 0 Å². The van der Waals surface area contributed by atoms with Gasteiger partial charge in [-0.15, -0.1) is 0 Å². The molecule has 2 N–H and O–H groups in total. The van der Waals surface area contributed by atoms with E-state index >= 15 is 0 Å². The molecule has 0 spiro atoms. The van der Waals surface area contributed by atoms with Crippen molar-refractivity contribution < 1.29 is 19.4 Å². The summed E-state index contributed by atoms with van der Waals surface area (Å²) in [7, 11) is 0. The predicted molar refractivity (Wildman–Crippen MR) is 163 cm³/mol. The lowest BCUT2D eigenvalue weighted by Crippen LogP contribution is -2.26. The maximum atomic E-state index is 10.7. The summed E-state index contributed by atoms with van der Waals surface area (Å²) >= 11 is 0. The van der Waals surface area contributed by atoms with Gasteiger partial charge in [-0.2, -0.15) is 5.10 Å². The Balaban J connectivity index is 1.58. The van der Waals surface area contributed by atoms with Crippen molar-refractivity contribution in [2.24, 2.45) is 0 Å². The van der Waals surface area contributed by atoms with Crippen LogP contribution in [0.15, 0.2) is 72.9 Å². The highest BCUT2D eigenvalue weighted by atomic mass is 16.5. The van der Waals surface area contributed by atoms with Crippen LogP contribution in [0.1, 0.15) is 80.9 Å². The van der Waals surface area contributed by atoms with Crippen LogP contribution in [-0.2, 0) is 4.74 Å². The molecular formula is C34H39N3O4. The number of amides is 1. The number of nitrogens with zero attached hydrogens (tertiary/aromatic N) is 2. The summed E-state index contributed by atoms with van der Waals surface area (Å²) < 4.78 is 13.8. The first kappa shape index (κ1) is 28.4. The van der Waals surface area contributed by atoms with Crippen LogP contribution >= 0.6 is 0 Å². The summed E-state index contributed by atoms with van der Waals surface area (Å²) in [5, 5.41) is 16.9. The summed E-state index contributed by atoms with van der Waals surface area (Å²) in [5.41, 5.74) is 8.39. The topological polar surface area (TPSA) is 85.6 Å². The maximum Gasteiger partial charge on any atom is 0.404 e. The molecule has 3 aromatic carbocycles. The van der Waals surface area contributed by atoms with E-state index in [0.29, 0.717) is 11.7 Å². The molecule has 4 aromatic rings. The number of carbonyl (C=O) groups is 1. The monoisotopic (exact) mass is 553 g/mol. The third kappa shape index (κ3) is 6.46. The van der Waals surface area contributed by atoms with Gasteiger partial charge in [-0.1, -0.05) is 63.2 Å². The third-order valence-corrected chi connectivity index (χ3v) is 7.67. The third-order valence-electron chi connectivity index (χ3n) is 7.67. The molecule has 1 saturated heterocycles. The second-order valence-electron chi connectivity index (χ2n) is 10.7. The van der Waals surface area contributed by atoms with Crippen LogP contribution in [-0.4, -0.2) is 40.7 Å². The number of allylic oxidation sites excluding steroid dienone is 1. The van der Waals surface area contributed by atoms with Gasteiger partial charge in [0.25, 0.3) is 0 Å². The minimum absolute atomic E-state index is 0.00974. The highest BCUT2D eigenvalue weighted by Crippen LogP contribution is 2.39. The van der Waals surface area contributed by atoms with E-state index in [2.05, 4.69) is 80.7 Å². The van der Waals surface area contributed by atoms with E-state index in [9.17, 15) is 4.79 Å². The summed E-state index contributed by atoms with van der Waals surface area (Å²) in [5.74, 6) is 1.09. The maximum absolute atomic E-state index is 10.7. The first-order valence-corrected chi connectivity index (χ1v) is 14.6. The molecule has 0 bridgehead atoms. The average molecular weight is 554 g/mol. The molecule has 41 heavy (non-hydrogen) atoms. The Morgan fingerprint density at radius 2 is 1.88 bits per heavy atom. The lowest BCUT2D eigenvalue weighted by molar-refractivity contribution is -0.0366. The molecule has 1 amide bonds. The van der Waals surface area contributed by atoms with Crippen molar-refractivity contribution in [3.63, 3.8) is 0 Å². The van der Waals surface area contributed by atoms with E-state index in [-0.39, 0.29) is 19.4 Å². The molecule has 0 saturated carbocycles. The molecule has 7 heteroatoms. The molecule has 5 rings (SSSR count). The smallest absolute Gasteiger partial charge is 0.404 e. The molecule has 1 fully saturated rings. The molecular weight excluding hydrogens is 514 g/mol. The van der Waals surface area contributed by atoms with Crippen molar-refractivity contribution in [3.8, 4) is 5.75 Å². The van der Waals surface area contributed by atoms with Crippen LogP contribution in [0.5, 0.6) is 5.75 Å². The zero-order valence-corrected chi connectivity index (χ0v) is 24.1. The number of hydrogen-bond donors (Lipinski definition) is 2. The van der Waals surface area contributed by atoms with Crippen molar-refractivity contribution >= 4 is 28.1 Å². The molecule has 1 aliphatic heterocycles. The van der Waals surface area contributed by atoms with Gasteiger partial charge in [0, 0.05) is 12.0 Å². The van der Waals surface area contributed by atoms with E-state index in [1.54, 1.807) is 0 Å². The number of fused-ring (bicyclic) bond motifs is 1. The van der Waals surface area contributed by atoms with Gasteiger partial charge in [-0.25, -0.2) is 9.48 Å². The summed E-state index contributed by atoms with van der Waals surface area (Å²) in [4.78, 5) is 10.7. The van der Waals surface area contributed by atoms with Crippen LogP contribution < -0.4 is 10.1 Å². The van der Waals surface area contributed by atoms with Gasteiger partial charge in [-0.05, 0) is 89.3 Å². The fourth-order valence-corrected chi connectivity index (χ4v) is 5.69. The van der Waals surface area contributed by atoms with Crippen LogP contribution in [0.2, 0.25) is 0 Å². The fourth-order valence-electron chi connectivity index (χ4n) is 5.69. The number of carboxylic acid groups (broad SMARTS) is 1. The largest absolute Gasteiger partial charge is 0.492 e.